The lowest BCUT2D eigenvalue weighted by Crippen LogP contribution is -2.42. The van der Waals surface area contributed by atoms with Gasteiger partial charge < -0.3 is 15.0 Å². The smallest absolute Gasteiger partial charge is 0.143 e. The number of hydrogen-bond donors (Lipinski definition) is 1. The minimum atomic E-state index is 0.792. The van der Waals surface area contributed by atoms with Crippen LogP contribution < -0.4 is 15.0 Å². The number of hydrogen-bond acceptors (Lipinski definition) is 4. The van der Waals surface area contributed by atoms with E-state index < -0.39 is 0 Å². The second-order valence-electron chi connectivity index (χ2n) is 5.10. The van der Waals surface area contributed by atoms with Gasteiger partial charge in [-0.1, -0.05) is 6.07 Å². The third-order valence-electron chi connectivity index (χ3n) is 3.74. The Morgan fingerprint density at radius 3 is 2.89 bits per heavy atom. The van der Waals surface area contributed by atoms with Gasteiger partial charge in [0.2, 0.25) is 0 Å². The number of piperazine rings is 1. The molecule has 4 nitrogen and oxygen atoms in total. The van der Waals surface area contributed by atoms with Crippen molar-refractivity contribution >= 4 is 5.69 Å². The van der Waals surface area contributed by atoms with Gasteiger partial charge >= 0.3 is 0 Å². The van der Waals surface area contributed by atoms with E-state index in [0.717, 1.165) is 51.6 Å². The zero-order valence-corrected chi connectivity index (χ0v) is 11.0. The first-order valence-electron chi connectivity index (χ1n) is 6.73. The Morgan fingerprint density at radius 1 is 1.22 bits per heavy atom. The zero-order chi connectivity index (χ0) is 12.4. The number of likely N-dealkylation sites (N-methyl/N-ethyl adjacent to an activating group) is 1. The summed E-state index contributed by atoms with van der Waals surface area (Å²) >= 11 is 0. The summed E-state index contributed by atoms with van der Waals surface area (Å²) in [5, 5.41) is 3.38. The lowest BCUT2D eigenvalue weighted by molar-refractivity contribution is 0.232. The molecular weight excluding hydrogens is 226 g/mol. The largest absolute Gasteiger partial charge is 0.490 e. The van der Waals surface area contributed by atoms with Crippen LogP contribution in [0.15, 0.2) is 18.2 Å². The molecule has 0 bridgehead atoms. The number of nitrogens with one attached hydrogen (secondary N) is 1. The Labute approximate surface area is 109 Å². The number of fused-ring (bicyclic) bond motifs is 1. The molecule has 0 radical (unpaired) electrons. The Bertz CT molecular complexity index is 416. The van der Waals surface area contributed by atoms with Crippen LogP contribution in [-0.2, 0) is 6.54 Å². The van der Waals surface area contributed by atoms with Gasteiger partial charge in [-0.25, -0.2) is 0 Å². The van der Waals surface area contributed by atoms with Crippen LogP contribution in [0.2, 0.25) is 0 Å². The molecule has 0 atom stereocenters. The van der Waals surface area contributed by atoms with Crippen LogP contribution in [-0.4, -0.2) is 51.3 Å². The van der Waals surface area contributed by atoms with Gasteiger partial charge in [0.05, 0.1) is 12.2 Å². The van der Waals surface area contributed by atoms with Gasteiger partial charge in [-0.3, -0.25) is 4.90 Å². The molecule has 0 aromatic heterocycles. The van der Waals surface area contributed by atoms with Crippen molar-refractivity contribution in [2.45, 2.75) is 6.54 Å². The summed E-state index contributed by atoms with van der Waals surface area (Å²) < 4.78 is 5.75. The van der Waals surface area contributed by atoms with Crippen molar-refractivity contribution in [3.63, 3.8) is 0 Å². The Balaban J connectivity index is 1.73. The molecule has 1 fully saturated rings. The lowest BCUT2D eigenvalue weighted by atomic mass is 10.1. The second-order valence-corrected chi connectivity index (χ2v) is 5.10. The maximum atomic E-state index is 5.75. The minimum Gasteiger partial charge on any atom is -0.490 e. The van der Waals surface area contributed by atoms with Gasteiger partial charge in [0.15, 0.2) is 0 Å². The number of ether oxygens (including phenoxy) is 1. The highest BCUT2D eigenvalue weighted by molar-refractivity contribution is 5.60. The summed E-state index contributed by atoms with van der Waals surface area (Å²) in [6, 6.07) is 6.62. The van der Waals surface area contributed by atoms with Crippen LogP contribution >= 0.6 is 0 Å². The van der Waals surface area contributed by atoms with E-state index >= 15 is 0 Å². The van der Waals surface area contributed by atoms with Crippen molar-refractivity contribution in [2.75, 3.05) is 51.3 Å². The van der Waals surface area contributed by atoms with E-state index in [4.69, 9.17) is 4.74 Å². The summed E-state index contributed by atoms with van der Waals surface area (Å²) in [5.41, 5.74) is 2.57. The molecule has 0 saturated carbocycles. The molecule has 98 valence electrons. The van der Waals surface area contributed by atoms with Crippen LogP contribution in [0.3, 0.4) is 0 Å². The Kier molecular flexibility index (Phi) is 3.39. The van der Waals surface area contributed by atoms with Crippen LogP contribution in [0.25, 0.3) is 0 Å². The minimum absolute atomic E-state index is 0.792. The van der Waals surface area contributed by atoms with Crippen molar-refractivity contribution in [1.29, 1.82) is 0 Å². The molecule has 1 saturated heterocycles. The van der Waals surface area contributed by atoms with Crippen LogP contribution in [0.1, 0.15) is 5.56 Å². The van der Waals surface area contributed by atoms with Gasteiger partial charge in [-0.05, 0) is 17.7 Å². The molecule has 0 unspecified atom stereocenters. The highest BCUT2D eigenvalue weighted by atomic mass is 16.5. The SMILES string of the molecule is CN1CCOc2cc(CN3CCNCC3)ccc21. The molecule has 18 heavy (non-hydrogen) atoms. The third kappa shape index (κ3) is 2.44. The molecule has 1 aromatic rings. The van der Waals surface area contributed by atoms with Gasteiger partial charge in [0.1, 0.15) is 12.4 Å². The quantitative estimate of drug-likeness (QED) is 0.841. The van der Waals surface area contributed by atoms with Crippen molar-refractivity contribution in [1.82, 2.24) is 10.2 Å². The molecule has 2 aliphatic rings. The molecule has 1 aromatic carbocycles. The summed E-state index contributed by atoms with van der Waals surface area (Å²) in [6.07, 6.45) is 0. The number of benzene rings is 1. The maximum absolute atomic E-state index is 5.75. The van der Waals surface area contributed by atoms with Gasteiger partial charge in [-0.15, -0.1) is 0 Å². The van der Waals surface area contributed by atoms with E-state index in [9.17, 15) is 0 Å². The molecule has 0 spiro atoms. The number of nitrogens with zero attached hydrogens (tertiary/aromatic N) is 2. The molecule has 0 amide bonds. The Morgan fingerprint density at radius 2 is 2.06 bits per heavy atom. The van der Waals surface area contributed by atoms with Crippen molar-refractivity contribution in [3.05, 3.63) is 23.8 Å². The summed E-state index contributed by atoms with van der Waals surface area (Å²) in [4.78, 5) is 4.75. The fourth-order valence-corrected chi connectivity index (χ4v) is 2.63. The highest BCUT2D eigenvalue weighted by Gasteiger charge is 2.16. The summed E-state index contributed by atoms with van der Waals surface area (Å²) in [6.45, 7) is 7.27. The van der Waals surface area contributed by atoms with E-state index in [1.54, 1.807) is 0 Å². The first-order valence-corrected chi connectivity index (χ1v) is 6.73. The lowest BCUT2D eigenvalue weighted by Gasteiger charge is -2.30. The topological polar surface area (TPSA) is 27.7 Å². The van der Waals surface area contributed by atoms with E-state index in [1.807, 2.05) is 0 Å². The van der Waals surface area contributed by atoms with E-state index in [0.29, 0.717) is 0 Å². The Hall–Kier alpha value is -1.26. The molecule has 0 aliphatic carbocycles. The maximum Gasteiger partial charge on any atom is 0.143 e. The third-order valence-corrected chi connectivity index (χ3v) is 3.74. The standard InChI is InChI=1S/C14H21N3O/c1-16-8-9-18-14-10-12(2-3-13(14)16)11-17-6-4-15-5-7-17/h2-3,10,15H,4-9,11H2,1H3. The monoisotopic (exact) mass is 247 g/mol. The number of anilines is 1. The average molecular weight is 247 g/mol. The van der Waals surface area contributed by atoms with Crippen molar-refractivity contribution in [3.8, 4) is 5.75 Å². The van der Waals surface area contributed by atoms with Crippen LogP contribution in [0, 0.1) is 0 Å². The van der Waals surface area contributed by atoms with E-state index in [-0.39, 0.29) is 0 Å². The molecular formula is C14H21N3O. The molecule has 4 heteroatoms. The molecule has 1 N–H and O–H groups in total. The van der Waals surface area contributed by atoms with Gasteiger partial charge in [0, 0.05) is 39.8 Å². The fourth-order valence-electron chi connectivity index (χ4n) is 2.63. The van der Waals surface area contributed by atoms with E-state index in [1.165, 1.54) is 11.3 Å². The summed E-state index contributed by atoms with van der Waals surface area (Å²) in [5.74, 6) is 1.04. The normalized spacial score (nSPS) is 20.4. The van der Waals surface area contributed by atoms with E-state index in [2.05, 4.69) is 40.4 Å². The summed E-state index contributed by atoms with van der Waals surface area (Å²) in [7, 11) is 2.12. The molecule has 2 aliphatic heterocycles. The van der Waals surface area contributed by atoms with Crippen molar-refractivity contribution in [2.24, 2.45) is 0 Å². The van der Waals surface area contributed by atoms with Crippen LogP contribution in [0.4, 0.5) is 5.69 Å². The first kappa shape index (κ1) is 11.8. The highest BCUT2D eigenvalue weighted by Crippen LogP contribution is 2.31. The predicted octanol–water partition coefficient (Wildman–Crippen LogP) is 0.920. The predicted molar refractivity (Wildman–Crippen MR) is 73.4 cm³/mol. The van der Waals surface area contributed by atoms with Crippen LogP contribution in [0.5, 0.6) is 5.75 Å². The zero-order valence-electron chi connectivity index (χ0n) is 11.0. The first-order chi connectivity index (χ1) is 8.83. The van der Waals surface area contributed by atoms with Crippen molar-refractivity contribution < 1.29 is 4.74 Å². The fraction of sp³-hybridized carbons (Fsp3) is 0.571. The number of rotatable bonds is 2. The molecule has 2 heterocycles. The average Bonchev–Trinajstić information content (AvgIpc) is 2.40. The second kappa shape index (κ2) is 5.16. The van der Waals surface area contributed by atoms with Gasteiger partial charge in [-0.2, -0.15) is 0 Å². The molecule has 3 rings (SSSR count). The van der Waals surface area contributed by atoms with Gasteiger partial charge in [0.25, 0.3) is 0 Å².